The molecule has 15 heavy (non-hydrogen) atoms. The first-order valence-electron chi connectivity index (χ1n) is 4.55. The minimum atomic E-state index is -1.24. The number of hydrogen-bond acceptors (Lipinski definition) is 6. The fourth-order valence-electron chi connectivity index (χ4n) is 1.49. The van der Waals surface area contributed by atoms with E-state index in [1.54, 1.807) is 0 Å². The van der Waals surface area contributed by atoms with E-state index >= 15 is 0 Å². The zero-order chi connectivity index (χ0) is 11.6. The predicted molar refractivity (Wildman–Crippen MR) is 54.4 cm³/mol. The van der Waals surface area contributed by atoms with Gasteiger partial charge in [0, 0.05) is 6.92 Å². The molecule has 0 spiro atoms. The van der Waals surface area contributed by atoms with Crippen molar-refractivity contribution in [2.45, 2.75) is 36.7 Å². The third kappa shape index (κ3) is 2.82. The van der Waals surface area contributed by atoms with Gasteiger partial charge in [-0.1, -0.05) is 0 Å². The van der Waals surface area contributed by atoms with Gasteiger partial charge in [0.05, 0.1) is 12.6 Å². The first kappa shape index (κ1) is 12.7. The van der Waals surface area contributed by atoms with E-state index in [-0.39, 0.29) is 5.91 Å². The van der Waals surface area contributed by atoms with Gasteiger partial charge in [-0.25, -0.2) is 0 Å². The molecule has 0 bridgehead atoms. The van der Waals surface area contributed by atoms with Gasteiger partial charge in [0.1, 0.15) is 23.7 Å². The van der Waals surface area contributed by atoms with Crippen molar-refractivity contribution >= 4 is 18.5 Å². The number of ether oxygens (including phenoxy) is 1. The molecule has 88 valence electrons. The van der Waals surface area contributed by atoms with Crippen LogP contribution in [0.25, 0.3) is 0 Å². The Bertz CT molecular complexity index is 239. The topological polar surface area (TPSA) is 99.0 Å². The van der Waals surface area contributed by atoms with E-state index in [1.807, 2.05) is 0 Å². The zero-order valence-electron chi connectivity index (χ0n) is 8.20. The summed E-state index contributed by atoms with van der Waals surface area (Å²) in [5.41, 5.74) is -0.760. The van der Waals surface area contributed by atoms with E-state index in [0.29, 0.717) is 0 Å². The monoisotopic (exact) mass is 237 g/mol. The lowest BCUT2D eigenvalue weighted by Crippen LogP contribution is -2.62. The van der Waals surface area contributed by atoms with Gasteiger partial charge in [-0.3, -0.25) is 4.79 Å². The molecule has 1 aliphatic heterocycles. The smallest absolute Gasteiger partial charge is 0.217 e. The number of thiol groups is 1. The molecule has 0 aromatic carbocycles. The summed E-state index contributed by atoms with van der Waals surface area (Å²) in [6.07, 6.45) is -3.33. The molecule has 1 fully saturated rings. The lowest BCUT2D eigenvalue weighted by molar-refractivity contribution is -0.173. The fraction of sp³-hybridized carbons (Fsp3) is 0.875. The number of carbonyl (C=O) groups is 1. The Morgan fingerprint density at radius 3 is 2.53 bits per heavy atom. The molecule has 7 heteroatoms. The van der Waals surface area contributed by atoms with E-state index in [1.165, 1.54) is 6.92 Å². The summed E-state index contributed by atoms with van der Waals surface area (Å²) < 4.78 is 5.12. The van der Waals surface area contributed by atoms with Crippen LogP contribution in [0.15, 0.2) is 0 Å². The predicted octanol–water partition coefficient (Wildman–Crippen LogP) is -2.14. The standard InChI is InChI=1S/C8H15NO5S/c1-3(11)9-5-7(13)6(12)4(2-10)14-8(5)15/h4-8,10,12-13,15H,2H2,1H3,(H,9,11)/t4-,5-,6+,7-,8?/m1/s1. The summed E-state index contributed by atoms with van der Waals surface area (Å²) in [7, 11) is 0. The lowest BCUT2D eigenvalue weighted by atomic mass is 9.98. The molecule has 6 nitrogen and oxygen atoms in total. The average Bonchev–Trinajstić information content (AvgIpc) is 2.18. The van der Waals surface area contributed by atoms with E-state index < -0.39 is 36.4 Å². The van der Waals surface area contributed by atoms with Crippen molar-refractivity contribution in [3.05, 3.63) is 0 Å². The Hall–Kier alpha value is -0.340. The number of nitrogens with one attached hydrogen (secondary N) is 1. The van der Waals surface area contributed by atoms with Crippen molar-refractivity contribution in [1.82, 2.24) is 5.32 Å². The van der Waals surface area contributed by atoms with Crippen LogP contribution in [0, 0.1) is 0 Å². The average molecular weight is 237 g/mol. The van der Waals surface area contributed by atoms with Crippen molar-refractivity contribution < 1.29 is 24.9 Å². The fourth-order valence-corrected chi connectivity index (χ4v) is 1.89. The van der Waals surface area contributed by atoms with Gasteiger partial charge in [0.25, 0.3) is 0 Å². The van der Waals surface area contributed by atoms with Crippen LogP contribution in [0.2, 0.25) is 0 Å². The Morgan fingerprint density at radius 1 is 1.47 bits per heavy atom. The van der Waals surface area contributed by atoms with Crippen molar-refractivity contribution in [2.24, 2.45) is 0 Å². The van der Waals surface area contributed by atoms with Crippen molar-refractivity contribution in [2.75, 3.05) is 6.61 Å². The first-order chi connectivity index (χ1) is 6.97. The van der Waals surface area contributed by atoms with Gasteiger partial charge in [0.15, 0.2) is 0 Å². The molecule has 0 aromatic rings. The lowest BCUT2D eigenvalue weighted by Gasteiger charge is -2.40. The number of aliphatic hydroxyl groups excluding tert-OH is 3. The summed E-state index contributed by atoms with van der Waals surface area (Å²) in [6, 6.07) is -0.788. The molecule has 5 atom stereocenters. The van der Waals surface area contributed by atoms with Crippen LogP contribution in [0.3, 0.4) is 0 Å². The Morgan fingerprint density at radius 2 is 2.07 bits per heavy atom. The summed E-state index contributed by atoms with van der Waals surface area (Å²) in [4.78, 5) is 10.8. The zero-order valence-corrected chi connectivity index (χ0v) is 9.09. The number of carbonyl (C=O) groups excluding carboxylic acids is 1. The molecule has 1 rings (SSSR count). The summed E-state index contributed by atoms with van der Waals surface area (Å²) >= 11 is 4.02. The van der Waals surface area contributed by atoms with Crippen molar-refractivity contribution in [3.8, 4) is 0 Å². The van der Waals surface area contributed by atoms with E-state index in [4.69, 9.17) is 9.84 Å². The van der Waals surface area contributed by atoms with Crippen LogP contribution in [-0.4, -0.2) is 57.6 Å². The number of amides is 1. The SMILES string of the molecule is CC(=O)N[C@H]1C(S)O[C@H](CO)[C@H](O)[C@@H]1O. The Balaban J connectivity index is 2.70. The molecule has 0 aliphatic carbocycles. The van der Waals surface area contributed by atoms with E-state index in [2.05, 4.69) is 17.9 Å². The highest BCUT2D eigenvalue weighted by atomic mass is 32.1. The molecule has 0 radical (unpaired) electrons. The van der Waals surface area contributed by atoms with Crippen LogP contribution < -0.4 is 5.32 Å². The van der Waals surface area contributed by atoms with Crippen LogP contribution in [-0.2, 0) is 9.53 Å². The van der Waals surface area contributed by atoms with Crippen LogP contribution >= 0.6 is 12.6 Å². The molecule has 1 aliphatic rings. The van der Waals surface area contributed by atoms with Gasteiger partial charge in [0.2, 0.25) is 5.91 Å². The van der Waals surface area contributed by atoms with Crippen LogP contribution in [0.1, 0.15) is 6.92 Å². The molecule has 4 N–H and O–H groups in total. The summed E-state index contributed by atoms with van der Waals surface area (Å²) in [5.74, 6) is -0.351. The maximum absolute atomic E-state index is 10.8. The number of hydrogen-bond donors (Lipinski definition) is 5. The van der Waals surface area contributed by atoms with Gasteiger partial charge >= 0.3 is 0 Å². The molecule has 1 unspecified atom stereocenters. The van der Waals surface area contributed by atoms with Crippen molar-refractivity contribution in [3.63, 3.8) is 0 Å². The maximum Gasteiger partial charge on any atom is 0.217 e. The molecule has 1 heterocycles. The second-order valence-electron chi connectivity index (χ2n) is 3.46. The molecular formula is C8H15NO5S. The summed E-state index contributed by atoms with van der Waals surface area (Å²) in [5, 5.41) is 30.4. The van der Waals surface area contributed by atoms with Gasteiger partial charge < -0.3 is 25.4 Å². The quantitative estimate of drug-likeness (QED) is 0.353. The molecule has 1 amide bonds. The van der Waals surface area contributed by atoms with E-state index in [9.17, 15) is 15.0 Å². The Labute approximate surface area is 92.7 Å². The van der Waals surface area contributed by atoms with Crippen LogP contribution in [0.4, 0.5) is 0 Å². The highest BCUT2D eigenvalue weighted by Crippen LogP contribution is 2.22. The normalized spacial score (nSPS) is 41.3. The molecular weight excluding hydrogens is 222 g/mol. The minimum absolute atomic E-state index is 0.351. The van der Waals surface area contributed by atoms with E-state index in [0.717, 1.165) is 0 Å². The van der Waals surface area contributed by atoms with Gasteiger partial charge in [-0.05, 0) is 0 Å². The van der Waals surface area contributed by atoms with Crippen LogP contribution in [0.5, 0.6) is 0 Å². The van der Waals surface area contributed by atoms with Crippen molar-refractivity contribution in [1.29, 1.82) is 0 Å². The second kappa shape index (κ2) is 5.13. The molecule has 1 saturated heterocycles. The largest absolute Gasteiger partial charge is 0.394 e. The third-order valence-corrected chi connectivity index (χ3v) is 2.71. The number of rotatable bonds is 2. The summed E-state index contributed by atoms with van der Waals surface area (Å²) in [6.45, 7) is 0.875. The highest BCUT2D eigenvalue weighted by molar-refractivity contribution is 7.80. The molecule has 0 aromatic heterocycles. The van der Waals surface area contributed by atoms with Gasteiger partial charge in [-0.15, -0.1) is 12.6 Å². The first-order valence-corrected chi connectivity index (χ1v) is 5.06. The number of aliphatic hydroxyl groups is 3. The second-order valence-corrected chi connectivity index (χ2v) is 3.96. The maximum atomic E-state index is 10.8. The third-order valence-electron chi connectivity index (χ3n) is 2.27. The minimum Gasteiger partial charge on any atom is -0.394 e. The molecule has 0 saturated carbocycles. The Kier molecular flexibility index (Phi) is 4.35. The van der Waals surface area contributed by atoms with Gasteiger partial charge in [-0.2, -0.15) is 0 Å². The highest BCUT2D eigenvalue weighted by Gasteiger charge is 2.43.